The largest absolute Gasteiger partial charge is 0.326 e. The summed E-state index contributed by atoms with van der Waals surface area (Å²) in [5.41, 5.74) is 6.21. The van der Waals surface area contributed by atoms with E-state index in [9.17, 15) is 8.42 Å². The predicted octanol–water partition coefficient (Wildman–Crippen LogP) is -0.0190. The maximum absolute atomic E-state index is 11.7. The standard InChI is InChI=1S/C9H13N3O2S/c10-5-7-1-4-9(11-6-7)15(13,14)12-8-2-3-8/h1,4,6,8,12H,2-3,5,10H2. The summed E-state index contributed by atoms with van der Waals surface area (Å²) in [6.07, 6.45) is 3.32. The number of rotatable bonds is 4. The molecule has 82 valence electrons. The second-order valence-corrected chi connectivity index (χ2v) is 5.27. The third kappa shape index (κ3) is 2.53. The SMILES string of the molecule is NCc1ccc(S(=O)(=O)NC2CC2)nc1. The van der Waals surface area contributed by atoms with E-state index in [-0.39, 0.29) is 11.1 Å². The van der Waals surface area contributed by atoms with Crippen molar-refractivity contribution in [1.29, 1.82) is 0 Å². The number of pyridine rings is 1. The first kappa shape index (κ1) is 10.5. The fourth-order valence-corrected chi connectivity index (χ4v) is 2.41. The zero-order valence-electron chi connectivity index (χ0n) is 8.18. The lowest BCUT2D eigenvalue weighted by Crippen LogP contribution is -2.26. The van der Waals surface area contributed by atoms with Crippen molar-refractivity contribution < 1.29 is 8.42 Å². The van der Waals surface area contributed by atoms with Crippen LogP contribution in [-0.2, 0) is 16.6 Å². The molecule has 0 atom stereocenters. The first-order valence-corrected chi connectivity index (χ1v) is 6.27. The molecule has 0 spiro atoms. The van der Waals surface area contributed by atoms with Crippen molar-refractivity contribution in [2.24, 2.45) is 5.73 Å². The van der Waals surface area contributed by atoms with Crippen LogP contribution in [0.25, 0.3) is 0 Å². The molecule has 3 N–H and O–H groups in total. The lowest BCUT2D eigenvalue weighted by Gasteiger charge is -2.04. The van der Waals surface area contributed by atoms with Crippen LogP contribution in [0.15, 0.2) is 23.4 Å². The topological polar surface area (TPSA) is 85.1 Å². The number of hydrogen-bond donors (Lipinski definition) is 2. The highest BCUT2D eigenvalue weighted by Gasteiger charge is 2.28. The fraction of sp³-hybridized carbons (Fsp3) is 0.444. The van der Waals surface area contributed by atoms with Crippen LogP contribution < -0.4 is 10.5 Å². The van der Waals surface area contributed by atoms with Crippen LogP contribution in [0.1, 0.15) is 18.4 Å². The van der Waals surface area contributed by atoms with Gasteiger partial charge in [-0.2, -0.15) is 0 Å². The van der Waals surface area contributed by atoms with Gasteiger partial charge >= 0.3 is 0 Å². The van der Waals surface area contributed by atoms with E-state index in [1.165, 1.54) is 12.3 Å². The molecule has 1 saturated carbocycles. The minimum atomic E-state index is -3.42. The molecule has 0 saturated heterocycles. The molecule has 1 heterocycles. The minimum absolute atomic E-state index is 0.0617. The third-order valence-corrected chi connectivity index (χ3v) is 3.64. The second-order valence-electron chi connectivity index (χ2n) is 3.60. The van der Waals surface area contributed by atoms with Gasteiger partial charge in [0.25, 0.3) is 10.0 Å². The summed E-state index contributed by atoms with van der Waals surface area (Å²) in [6.45, 7) is 0.364. The van der Waals surface area contributed by atoms with Gasteiger partial charge in [-0.15, -0.1) is 0 Å². The summed E-state index contributed by atoms with van der Waals surface area (Å²) in [7, 11) is -3.42. The molecule has 0 amide bonds. The monoisotopic (exact) mass is 227 g/mol. The summed E-state index contributed by atoms with van der Waals surface area (Å²) in [4.78, 5) is 3.87. The third-order valence-electron chi connectivity index (χ3n) is 2.21. The molecular weight excluding hydrogens is 214 g/mol. The van der Waals surface area contributed by atoms with Crippen LogP contribution in [0, 0.1) is 0 Å². The van der Waals surface area contributed by atoms with Gasteiger partial charge in [0.1, 0.15) is 0 Å². The van der Waals surface area contributed by atoms with E-state index >= 15 is 0 Å². The molecule has 2 rings (SSSR count). The molecule has 6 heteroatoms. The molecule has 1 aromatic rings. The predicted molar refractivity (Wildman–Crippen MR) is 55.5 cm³/mol. The zero-order valence-corrected chi connectivity index (χ0v) is 9.00. The van der Waals surface area contributed by atoms with Gasteiger partial charge in [-0.25, -0.2) is 18.1 Å². The zero-order chi connectivity index (χ0) is 10.9. The van der Waals surface area contributed by atoms with Crippen LogP contribution in [-0.4, -0.2) is 19.4 Å². The molecule has 0 unspecified atom stereocenters. The number of nitrogens with two attached hydrogens (primary N) is 1. The highest BCUT2D eigenvalue weighted by molar-refractivity contribution is 7.89. The minimum Gasteiger partial charge on any atom is -0.326 e. The summed E-state index contributed by atoms with van der Waals surface area (Å²) in [5, 5.41) is 0.0617. The highest BCUT2D eigenvalue weighted by atomic mass is 32.2. The normalized spacial score (nSPS) is 16.6. The maximum Gasteiger partial charge on any atom is 0.258 e. The van der Waals surface area contributed by atoms with Crippen molar-refractivity contribution in [2.45, 2.75) is 30.5 Å². The molecule has 0 aliphatic heterocycles. The average molecular weight is 227 g/mol. The van der Waals surface area contributed by atoms with Crippen molar-refractivity contribution in [3.05, 3.63) is 23.9 Å². The van der Waals surface area contributed by atoms with E-state index in [0.29, 0.717) is 6.54 Å². The number of nitrogens with zero attached hydrogens (tertiary/aromatic N) is 1. The smallest absolute Gasteiger partial charge is 0.258 e. The van der Waals surface area contributed by atoms with Gasteiger partial charge in [0, 0.05) is 18.8 Å². The Balaban J connectivity index is 2.19. The molecule has 1 aromatic heterocycles. The lowest BCUT2D eigenvalue weighted by molar-refractivity contribution is 0.577. The molecule has 1 aliphatic carbocycles. The Kier molecular flexibility index (Phi) is 2.72. The molecule has 1 fully saturated rings. The van der Waals surface area contributed by atoms with Crippen molar-refractivity contribution in [3.8, 4) is 0 Å². The quantitative estimate of drug-likeness (QED) is 0.757. The summed E-state index contributed by atoms with van der Waals surface area (Å²) in [5.74, 6) is 0. The molecular formula is C9H13N3O2S. The van der Waals surface area contributed by atoms with Crippen LogP contribution in [0.3, 0.4) is 0 Å². The Bertz CT molecular complexity index is 437. The van der Waals surface area contributed by atoms with Gasteiger partial charge in [0.05, 0.1) is 0 Å². The highest BCUT2D eigenvalue weighted by Crippen LogP contribution is 2.21. The van der Waals surface area contributed by atoms with Crippen molar-refractivity contribution in [2.75, 3.05) is 0 Å². The first-order chi connectivity index (χ1) is 7.12. The van der Waals surface area contributed by atoms with E-state index in [1.54, 1.807) is 6.07 Å². The second kappa shape index (κ2) is 3.88. The Morgan fingerprint density at radius 1 is 1.47 bits per heavy atom. The Labute approximate surface area is 88.8 Å². The summed E-state index contributed by atoms with van der Waals surface area (Å²) >= 11 is 0. The van der Waals surface area contributed by atoms with Crippen LogP contribution in [0.4, 0.5) is 0 Å². The number of nitrogens with one attached hydrogen (secondary N) is 1. The van der Waals surface area contributed by atoms with Gasteiger partial charge in [-0.3, -0.25) is 0 Å². The van der Waals surface area contributed by atoms with Gasteiger partial charge in [0.2, 0.25) is 0 Å². The van der Waals surface area contributed by atoms with Gasteiger partial charge in [0.15, 0.2) is 5.03 Å². The van der Waals surface area contributed by atoms with Crippen molar-refractivity contribution in [3.63, 3.8) is 0 Å². The fourth-order valence-electron chi connectivity index (χ4n) is 1.17. The maximum atomic E-state index is 11.7. The van der Waals surface area contributed by atoms with E-state index in [0.717, 1.165) is 18.4 Å². The Hall–Kier alpha value is -0.980. The van der Waals surface area contributed by atoms with Gasteiger partial charge in [-0.1, -0.05) is 6.07 Å². The molecule has 15 heavy (non-hydrogen) atoms. The summed E-state index contributed by atoms with van der Waals surface area (Å²) in [6, 6.07) is 3.26. The van der Waals surface area contributed by atoms with E-state index in [1.807, 2.05) is 0 Å². The van der Waals surface area contributed by atoms with Gasteiger partial charge in [-0.05, 0) is 24.5 Å². The van der Waals surface area contributed by atoms with Gasteiger partial charge < -0.3 is 5.73 Å². The molecule has 0 aromatic carbocycles. The Morgan fingerprint density at radius 3 is 2.67 bits per heavy atom. The van der Waals surface area contributed by atoms with Crippen molar-refractivity contribution in [1.82, 2.24) is 9.71 Å². The molecule has 0 radical (unpaired) electrons. The van der Waals surface area contributed by atoms with Crippen LogP contribution in [0.2, 0.25) is 0 Å². The number of hydrogen-bond acceptors (Lipinski definition) is 4. The molecule has 0 bridgehead atoms. The Morgan fingerprint density at radius 2 is 2.20 bits per heavy atom. The molecule has 1 aliphatic rings. The summed E-state index contributed by atoms with van der Waals surface area (Å²) < 4.78 is 25.9. The van der Waals surface area contributed by atoms with Crippen molar-refractivity contribution >= 4 is 10.0 Å². The van der Waals surface area contributed by atoms with E-state index in [2.05, 4.69) is 9.71 Å². The first-order valence-electron chi connectivity index (χ1n) is 4.79. The van der Waals surface area contributed by atoms with E-state index < -0.39 is 10.0 Å². The lowest BCUT2D eigenvalue weighted by atomic mass is 10.3. The number of aromatic nitrogens is 1. The van der Waals surface area contributed by atoms with E-state index in [4.69, 9.17) is 5.73 Å². The molecule has 5 nitrogen and oxygen atoms in total. The van der Waals surface area contributed by atoms with Crippen LogP contribution in [0.5, 0.6) is 0 Å². The van der Waals surface area contributed by atoms with Crippen LogP contribution >= 0.6 is 0 Å². The average Bonchev–Trinajstić information content (AvgIpc) is 3.01. The number of sulfonamides is 1.